The lowest BCUT2D eigenvalue weighted by atomic mass is 10.1. The minimum Gasteiger partial charge on any atom is -0.397 e. The monoisotopic (exact) mass is 204 g/mol. The predicted molar refractivity (Wildman–Crippen MR) is 59.7 cm³/mol. The van der Waals surface area contributed by atoms with E-state index in [9.17, 15) is 4.79 Å². The van der Waals surface area contributed by atoms with Crippen molar-refractivity contribution in [2.45, 2.75) is 32.6 Å². The van der Waals surface area contributed by atoms with Crippen LogP contribution >= 0.6 is 0 Å². The fraction of sp³-hybridized carbons (Fsp3) is 0.500. The molecular weight excluding hydrogens is 188 g/mol. The Labute approximate surface area is 89.7 Å². The Kier molecular flexibility index (Phi) is 2.71. The van der Waals surface area contributed by atoms with Crippen molar-refractivity contribution < 1.29 is 4.79 Å². The lowest BCUT2D eigenvalue weighted by Gasteiger charge is -2.05. The van der Waals surface area contributed by atoms with Crippen molar-refractivity contribution in [1.82, 2.24) is 4.98 Å². The molecule has 0 saturated heterocycles. The summed E-state index contributed by atoms with van der Waals surface area (Å²) in [6.45, 7) is 1.53. The minimum atomic E-state index is 0.00247. The molecule has 0 unspecified atom stereocenters. The Hall–Kier alpha value is -1.38. The molecular formula is C12H16N2O. The second kappa shape index (κ2) is 4.01. The molecule has 1 aliphatic carbocycles. The van der Waals surface area contributed by atoms with Gasteiger partial charge in [0.25, 0.3) is 0 Å². The molecule has 2 N–H and O–H groups in total. The average molecular weight is 204 g/mol. The number of carbonyl (C=O) groups excluding carboxylic acids is 1. The highest BCUT2D eigenvalue weighted by atomic mass is 16.1. The van der Waals surface area contributed by atoms with Crippen LogP contribution in [0, 0.1) is 5.92 Å². The number of pyridine rings is 1. The average Bonchev–Trinajstić information content (AvgIpc) is 3.00. The topological polar surface area (TPSA) is 56.0 Å². The summed E-state index contributed by atoms with van der Waals surface area (Å²) in [6.07, 6.45) is 4.73. The quantitative estimate of drug-likeness (QED) is 0.765. The Morgan fingerprint density at radius 3 is 2.87 bits per heavy atom. The molecule has 1 heterocycles. The van der Waals surface area contributed by atoms with E-state index in [-0.39, 0.29) is 5.78 Å². The number of nitrogens with zero attached hydrogens (tertiary/aromatic N) is 1. The number of hydrogen-bond acceptors (Lipinski definition) is 3. The predicted octanol–water partition coefficient (Wildman–Crippen LogP) is 2.21. The number of aromatic nitrogens is 1. The van der Waals surface area contributed by atoms with Gasteiger partial charge < -0.3 is 5.73 Å². The molecule has 1 saturated carbocycles. The molecule has 0 aromatic carbocycles. The Balaban J connectivity index is 2.12. The number of hydrogen-bond donors (Lipinski definition) is 1. The smallest absolute Gasteiger partial charge is 0.178 e. The highest BCUT2D eigenvalue weighted by Gasteiger charge is 2.21. The van der Waals surface area contributed by atoms with Crippen molar-refractivity contribution >= 4 is 11.5 Å². The fourth-order valence-corrected chi connectivity index (χ4v) is 1.66. The van der Waals surface area contributed by atoms with Crippen molar-refractivity contribution in [2.24, 2.45) is 5.92 Å². The highest BCUT2D eigenvalue weighted by Crippen LogP contribution is 2.33. The van der Waals surface area contributed by atoms with Crippen LogP contribution < -0.4 is 5.73 Å². The minimum absolute atomic E-state index is 0.00247. The molecule has 0 radical (unpaired) electrons. The second-order valence-corrected chi connectivity index (χ2v) is 4.27. The van der Waals surface area contributed by atoms with E-state index in [1.54, 1.807) is 12.1 Å². The van der Waals surface area contributed by atoms with Gasteiger partial charge in [-0.15, -0.1) is 0 Å². The summed E-state index contributed by atoms with van der Waals surface area (Å²) >= 11 is 0. The van der Waals surface area contributed by atoms with Crippen LogP contribution in [0.5, 0.6) is 0 Å². The van der Waals surface area contributed by atoms with Crippen molar-refractivity contribution in [3.8, 4) is 0 Å². The lowest BCUT2D eigenvalue weighted by Crippen LogP contribution is -2.04. The normalized spacial score (nSPS) is 15.3. The van der Waals surface area contributed by atoms with Crippen LogP contribution in [0.2, 0.25) is 0 Å². The third-order valence-electron chi connectivity index (χ3n) is 2.86. The summed E-state index contributed by atoms with van der Waals surface area (Å²) in [5.41, 5.74) is 7.94. The molecule has 1 aromatic heterocycles. The van der Waals surface area contributed by atoms with E-state index in [1.165, 1.54) is 19.8 Å². The van der Waals surface area contributed by atoms with Gasteiger partial charge in [0, 0.05) is 6.92 Å². The van der Waals surface area contributed by atoms with Crippen LogP contribution in [-0.4, -0.2) is 10.8 Å². The van der Waals surface area contributed by atoms with Gasteiger partial charge in [-0.2, -0.15) is 0 Å². The summed E-state index contributed by atoms with van der Waals surface area (Å²) in [5, 5.41) is 0. The fourth-order valence-electron chi connectivity index (χ4n) is 1.66. The second-order valence-electron chi connectivity index (χ2n) is 4.27. The number of ketones is 1. The molecule has 1 aliphatic rings. The number of carbonyl (C=O) groups is 1. The number of nitrogen functional groups attached to an aromatic ring is 1. The van der Waals surface area contributed by atoms with Gasteiger partial charge in [-0.3, -0.25) is 4.79 Å². The van der Waals surface area contributed by atoms with Crippen LogP contribution in [-0.2, 0) is 6.42 Å². The number of anilines is 1. The van der Waals surface area contributed by atoms with E-state index >= 15 is 0 Å². The molecule has 3 heteroatoms. The van der Waals surface area contributed by atoms with E-state index in [1.807, 2.05) is 0 Å². The third kappa shape index (κ3) is 2.55. The molecule has 0 spiro atoms. The van der Waals surface area contributed by atoms with E-state index in [0.717, 1.165) is 24.5 Å². The van der Waals surface area contributed by atoms with E-state index in [2.05, 4.69) is 4.98 Å². The number of aryl methyl sites for hydroxylation is 1. The van der Waals surface area contributed by atoms with E-state index in [4.69, 9.17) is 5.73 Å². The zero-order valence-corrected chi connectivity index (χ0v) is 8.99. The SMILES string of the molecule is CC(=O)c1ccc(N)c(CCC2CC2)n1. The molecule has 0 atom stereocenters. The van der Waals surface area contributed by atoms with Crippen LogP contribution in [0.4, 0.5) is 5.69 Å². The van der Waals surface area contributed by atoms with Gasteiger partial charge in [-0.25, -0.2) is 4.98 Å². The van der Waals surface area contributed by atoms with Gasteiger partial charge in [0.05, 0.1) is 11.4 Å². The highest BCUT2D eigenvalue weighted by molar-refractivity contribution is 5.92. The first-order valence-electron chi connectivity index (χ1n) is 5.43. The zero-order chi connectivity index (χ0) is 10.8. The maximum Gasteiger partial charge on any atom is 0.178 e. The van der Waals surface area contributed by atoms with Crippen LogP contribution in [0.1, 0.15) is 42.4 Å². The first kappa shape index (κ1) is 10.1. The number of Topliss-reactive ketones (excluding diaryl/α,β-unsaturated/α-hetero) is 1. The van der Waals surface area contributed by atoms with Crippen LogP contribution in [0.25, 0.3) is 0 Å². The molecule has 2 rings (SSSR count). The molecule has 15 heavy (non-hydrogen) atoms. The van der Waals surface area contributed by atoms with Crippen molar-refractivity contribution in [3.05, 3.63) is 23.5 Å². The van der Waals surface area contributed by atoms with Crippen molar-refractivity contribution in [1.29, 1.82) is 0 Å². The Morgan fingerprint density at radius 2 is 2.27 bits per heavy atom. The van der Waals surface area contributed by atoms with Gasteiger partial charge in [-0.1, -0.05) is 12.8 Å². The summed E-state index contributed by atoms with van der Waals surface area (Å²) in [4.78, 5) is 15.5. The maximum absolute atomic E-state index is 11.2. The third-order valence-corrected chi connectivity index (χ3v) is 2.86. The maximum atomic E-state index is 11.2. The summed E-state index contributed by atoms with van der Waals surface area (Å²) < 4.78 is 0. The summed E-state index contributed by atoms with van der Waals surface area (Å²) in [6, 6.07) is 3.48. The zero-order valence-electron chi connectivity index (χ0n) is 8.99. The summed E-state index contributed by atoms with van der Waals surface area (Å²) in [5.74, 6) is 0.870. The lowest BCUT2D eigenvalue weighted by molar-refractivity contribution is 0.101. The van der Waals surface area contributed by atoms with Gasteiger partial charge in [0.15, 0.2) is 5.78 Å². The largest absolute Gasteiger partial charge is 0.397 e. The van der Waals surface area contributed by atoms with Gasteiger partial charge in [0.2, 0.25) is 0 Å². The Bertz CT molecular complexity index is 383. The van der Waals surface area contributed by atoms with Gasteiger partial charge in [0.1, 0.15) is 5.69 Å². The molecule has 1 fully saturated rings. The number of rotatable bonds is 4. The number of nitrogens with two attached hydrogens (primary N) is 1. The first-order chi connectivity index (χ1) is 7.16. The van der Waals surface area contributed by atoms with Crippen LogP contribution in [0.15, 0.2) is 12.1 Å². The van der Waals surface area contributed by atoms with E-state index in [0.29, 0.717) is 11.4 Å². The molecule has 0 amide bonds. The van der Waals surface area contributed by atoms with Crippen molar-refractivity contribution in [3.63, 3.8) is 0 Å². The molecule has 0 aliphatic heterocycles. The molecule has 0 bridgehead atoms. The standard InChI is InChI=1S/C12H16N2O/c1-8(15)11-7-5-10(13)12(14-11)6-4-9-2-3-9/h5,7,9H,2-4,6,13H2,1H3. The molecule has 3 nitrogen and oxygen atoms in total. The van der Waals surface area contributed by atoms with Crippen molar-refractivity contribution in [2.75, 3.05) is 5.73 Å². The van der Waals surface area contributed by atoms with Crippen LogP contribution in [0.3, 0.4) is 0 Å². The summed E-state index contributed by atoms with van der Waals surface area (Å²) in [7, 11) is 0. The first-order valence-corrected chi connectivity index (χ1v) is 5.43. The molecule has 80 valence electrons. The Morgan fingerprint density at radius 1 is 1.53 bits per heavy atom. The van der Waals surface area contributed by atoms with Gasteiger partial charge >= 0.3 is 0 Å². The van der Waals surface area contributed by atoms with E-state index < -0.39 is 0 Å². The molecule has 1 aromatic rings. The van der Waals surface area contributed by atoms with Gasteiger partial charge in [-0.05, 0) is 30.9 Å².